The van der Waals surface area contributed by atoms with Crippen LogP contribution in [0.4, 0.5) is 4.39 Å². The minimum Gasteiger partial charge on any atom is -0.392 e. The van der Waals surface area contributed by atoms with E-state index >= 15 is 0 Å². The molecule has 1 N–H and O–H groups in total. The van der Waals surface area contributed by atoms with Crippen molar-refractivity contribution < 1.29 is 14.3 Å². The molecule has 1 amide bonds. The molecule has 0 bridgehead atoms. The Bertz CT molecular complexity index is 727. The molecule has 24 heavy (non-hydrogen) atoms. The minimum absolute atomic E-state index is 0.0547. The Morgan fingerprint density at radius 2 is 1.92 bits per heavy atom. The van der Waals surface area contributed by atoms with Gasteiger partial charge in [0, 0.05) is 18.7 Å². The second-order valence-electron chi connectivity index (χ2n) is 6.55. The first-order valence-corrected chi connectivity index (χ1v) is 8.31. The molecule has 2 aromatic rings. The summed E-state index contributed by atoms with van der Waals surface area (Å²) in [5, 5.41) is 9.08. The first kappa shape index (κ1) is 16.7. The third-order valence-corrected chi connectivity index (χ3v) is 4.72. The number of aryl methyl sites for hydroxylation is 1. The van der Waals surface area contributed by atoms with Crippen molar-refractivity contribution in [3.8, 4) is 0 Å². The molecule has 1 saturated heterocycles. The average molecular weight is 327 g/mol. The number of halogens is 1. The van der Waals surface area contributed by atoms with Gasteiger partial charge in [-0.25, -0.2) is 4.39 Å². The standard InChI is InChI=1S/C20H22FNO2/c1-14-2-7-18(11-19(14)21)20(24)22-9-8-17(12-22)10-15-3-5-16(13-23)6-4-15/h2-7,11,17,23H,8-10,12-13H2,1H3/t17-/m0/s1. The summed E-state index contributed by atoms with van der Waals surface area (Å²) in [5.41, 5.74) is 3.10. The van der Waals surface area contributed by atoms with Crippen LogP contribution in [0.25, 0.3) is 0 Å². The lowest BCUT2D eigenvalue weighted by Gasteiger charge is -2.17. The van der Waals surface area contributed by atoms with E-state index < -0.39 is 0 Å². The zero-order valence-electron chi connectivity index (χ0n) is 13.8. The summed E-state index contributed by atoms with van der Waals surface area (Å²) in [4.78, 5) is 14.3. The number of rotatable bonds is 4. The van der Waals surface area contributed by atoms with E-state index in [1.165, 1.54) is 11.6 Å². The molecule has 1 aliphatic heterocycles. The number of amides is 1. The third kappa shape index (κ3) is 3.65. The maximum Gasteiger partial charge on any atom is 0.253 e. The lowest BCUT2D eigenvalue weighted by molar-refractivity contribution is 0.0786. The molecule has 1 fully saturated rings. The number of nitrogens with zero attached hydrogens (tertiary/aromatic N) is 1. The van der Waals surface area contributed by atoms with Crippen molar-refractivity contribution in [3.05, 3.63) is 70.5 Å². The molecular formula is C20H22FNO2. The second-order valence-corrected chi connectivity index (χ2v) is 6.55. The van der Waals surface area contributed by atoms with Crippen molar-refractivity contribution in [1.82, 2.24) is 4.90 Å². The predicted octanol–water partition coefficient (Wildman–Crippen LogP) is 3.33. The Balaban J connectivity index is 1.61. The topological polar surface area (TPSA) is 40.5 Å². The van der Waals surface area contributed by atoms with Crippen LogP contribution in [-0.4, -0.2) is 29.0 Å². The summed E-state index contributed by atoms with van der Waals surface area (Å²) in [6.45, 7) is 3.17. The Labute approximate surface area is 141 Å². The second kappa shape index (κ2) is 7.14. The number of aliphatic hydroxyl groups excluding tert-OH is 1. The molecule has 0 unspecified atom stereocenters. The van der Waals surface area contributed by atoms with Crippen LogP contribution in [0.2, 0.25) is 0 Å². The van der Waals surface area contributed by atoms with Gasteiger partial charge in [-0.15, -0.1) is 0 Å². The van der Waals surface area contributed by atoms with Gasteiger partial charge in [0.05, 0.1) is 6.61 Å². The van der Waals surface area contributed by atoms with Crippen molar-refractivity contribution in [2.24, 2.45) is 5.92 Å². The van der Waals surface area contributed by atoms with E-state index in [4.69, 9.17) is 5.11 Å². The van der Waals surface area contributed by atoms with E-state index in [-0.39, 0.29) is 18.3 Å². The number of carbonyl (C=O) groups excluding carboxylic acids is 1. The number of hydrogen-bond acceptors (Lipinski definition) is 2. The molecule has 1 aliphatic rings. The number of aliphatic hydroxyl groups is 1. The average Bonchev–Trinajstić information content (AvgIpc) is 3.06. The minimum atomic E-state index is -0.333. The van der Waals surface area contributed by atoms with Crippen LogP contribution in [0.5, 0.6) is 0 Å². The van der Waals surface area contributed by atoms with Crippen molar-refractivity contribution in [2.75, 3.05) is 13.1 Å². The van der Waals surface area contributed by atoms with E-state index in [2.05, 4.69) is 0 Å². The molecule has 0 radical (unpaired) electrons. The van der Waals surface area contributed by atoms with Gasteiger partial charge < -0.3 is 10.0 Å². The fourth-order valence-electron chi connectivity index (χ4n) is 3.21. The van der Waals surface area contributed by atoms with Gasteiger partial charge in [0.15, 0.2) is 0 Å². The van der Waals surface area contributed by atoms with Gasteiger partial charge in [0.1, 0.15) is 5.82 Å². The maximum absolute atomic E-state index is 13.7. The van der Waals surface area contributed by atoms with Gasteiger partial charge in [-0.1, -0.05) is 30.3 Å². The number of hydrogen-bond donors (Lipinski definition) is 1. The van der Waals surface area contributed by atoms with E-state index in [1.807, 2.05) is 29.2 Å². The Morgan fingerprint density at radius 1 is 1.21 bits per heavy atom. The van der Waals surface area contributed by atoms with Crippen LogP contribution >= 0.6 is 0 Å². The van der Waals surface area contributed by atoms with Crippen LogP contribution in [0, 0.1) is 18.7 Å². The highest BCUT2D eigenvalue weighted by molar-refractivity contribution is 5.94. The lowest BCUT2D eigenvalue weighted by atomic mass is 9.98. The van der Waals surface area contributed by atoms with Crippen LogP contribution in [-0.2, 0) is 13.0 Å². The molecule has 0 saturated carbocycles. The first-order chi connectivity index (χ1) is 11.6. The Hall–Kier alpha value is -2.20. The highest BCUT2D eigenvalue weighted by Gasteiger charge is 2.27. The molecule has 2 aromatic carbocycles. The highest BCUT2D eigenvalue weighted by atomic mass is 19.1. The SMILES string of the molecule is Cc1ccc(C(=O)N2CC[C@@H](Cc3ccc(CO)cc3)C2)cc1F. The van der Waals surface area contributed by atoms with Gasteiger partial charge in [-0.3, -0.25) is 4.79 Å². The quantitative estimate of drug-likeness (QED) is 0.936. The number of benzene rings is 2. The van der Waals surface area contributed by atoms with Crippen LogP contribution < -0.4 is 0 Å². The predicted molar refractivity (Wildman–Crippen MR) is 91.2 cm³/mol. The fourth-order valence-corrected chi connectivity index (χ4v) is 3.21. The normalized spacial score (nSPS) is 17.3. The largest absolute Gasteiger partial charge is 0.392 e. The molecule has 3 rings (SSSR count). The fraction of sp³-hybridized carbons (Fsp3) is 0.350. The number of likely N-dealkylation sites (tertiary alicyclic amines) is 1. The van der Waals surface area contributed by atoms with E-state index in [0.29, 0.717) is 30.1 Å². The van der Waals surface area contributed by atoms with Crippen molar-refractivity contribution in [3.63, 3.8) is 0 Å². The van der Waals surface area contributed by atoms with Crippen molar-refractivity contribution in [2.45, 2.75) is 26.4 Å². The molecule has 4 heteroatoms. The van der Waals surface area contributed by atoms with Crippen molar-refractivity contribution in [1.29, 1.82) is 0 Å². The highest BCUT2D eigenvalue weighted by Crippen LogP contribution is 2.23. The summed E-state index contributed by atoms with van der Waals surface area (Å²) < 4.78 is 13.7. The smallest absolute Gasteiger partial charge is 0.253 e. The molecule has 3 nitrogen and oxygen atoms in total. The summed E-state index contributed by atoms with van der Waals surface area (Å²) in [7, 11) is 0. The van der Waals surface area contributed by atoms with Crippen LogP contribution in [0.3, 0.4) is 0 Å². The van der Waals surface area contributed by atoms with Crippen LogP contribution in [0.15, 0.2) is 42.5 Å². The summed E-state index contributed by atoms with van der Waals surface area (Å²) in [5.74, 6) is -0.00294. The van der Waals surface area contributed by atoms with Crippen LogP contribution in [0.1, 0.15) is 33.5 Å². The van der Waals surface area contributed by atoms with Gasteiger partial charge >= 0.3 is 0 Å². The third-order valence-electron chi connectivity index (χ3n) is 4.72. The Morgan fingerprint density at radius 3 is 2.58 bits per heavy atom. The van der Waals surface area contributed by atoms with E-state index in [9.17, 15) is 9.18 Å². The van der Waals surface area contributed by atoms with Gasteiger partial charge in [0.25, 0.3) is 5.91 Å². The molecule has 0 spiro atoms. The first-order valence-electron chi connectivity index (χ1n) is 8.31. The number of carbonyl (C=O) groups is 1. The summed E-state index contributed by atoms with van der Waals surface area (Å²) in [6, 6.07) is 12.6. The maximum atomic E-state index is 13.7. The zero-order valence-corrected chi connectivity index (χ0v) is 13.8. The molecule has 0 aromatic heterocycles. The monoisotopic (exact) mass is 327 g/mol. The molecule has 126 valence electrons. The summed E-state index contributed by atoms with van der Waals surface area (Å²) in [6.07, 6.45) is 1.87. The van der Waals surface area contributed by atoms with E-state index in [1.54, 1.807) is 19.1 Å². The van der Waals surface area contributed by atoms with Gasteiger partial charge in [-0.2, -0.15) is 0 Å². The molecular weight excluding hydrogens is 305 g/mol. The zero-order chi connectivity index (χ0) is 17.1. The lowest BCUT2D eigenvalue weighted by Crippen LogP contribution is -2.29. The Kier molecular flexibility index (Phi) is 4.95. The molecule has 1 atom stereocenters. The van der Waals surface area contributed by atoms with E-state index in [0.717, 1.165) is 18.4 Å². The summed E-state index contributed by atoms with van der Waals surface area (Å²) >= 11 is 0. The van der Waals surface area contributed by atoms with Gasteiger partial charge in [-0.05, 0) is 54.5 Å². The van der Waals surface area contributed by atoms with Crippen molar-refractivity contribution >= 4 is 5.91 Å². The molecule has 1 heterocycles. The van der Waals surface area contributed by atoms with Gasteiger partial charge in [0.2, 0.25) is 0 Å². The molecule has 0 aliphatic carbocycles.